The number of imidazole rings is 2. The maximum atomic E-state index is 13.9. The first kappa shape index (κ1) is 25.8. The fraction of sp³-hybridized carbons (Fsp3) is 0.333. The average molecular weight is 540 g/mol. The molecule has 0 aliphatic carbocycles. The molecule has 1 aliphatic rings. The zero-order valence-corrected chi connectivity index (χ0v) is 23.2. The SMILES string of the molecule is COc1ccc2nc(C)n(CC(=O)N3CCN(C)CCC3c3ncc(-c4cc5ccccc5nc4OC)[nH]3)c2c1. The van der Waals surface area contributed by atoms with Gasteiger partial charge in [-0.2, -0.15) is 0 Å². The Hall–Kier alpha value is -4.44. The molecule has 6 rings (SSSR count). The Balaban J connectivity index is 1.33. The average Bonchev–Trinajstić information content (AvgIpc) is 3.52. The van der Waals surface area contributed by atoms with Crippen LogP contribution in [-0.4, -0.2) is 81.1 Å². The van der Waals surface area contributed by atoms with Crippen molar-refractivity contribution in [3.05, 3.63) is 66.4 Å². The number of ether oxygens (including phenoxy) is 2. The lowest BCUT2D eigenvalue weighted by molar-refractivity contribution is -0.134. The number of fused-ring (bicyclic) bond motifs is 2. The number of benzene rings is 2. The molecule has 5 aromatic rings. The summed E-state index contributed by atoms with van der Waals surface area (Å²) in [6, 6.07) is 15.5. The third kappa shape index (κ3) is 4.75. The number of aromatic amines is 1. The fourth-order valence-corrected chi connectivity index (χ4v) is 5.49. The quantitative estimate of drug-likeness (QED) is 0.345. The summed E-state index contributed by atoms with van der Waals surface area (Å²) >= 11 is 0. The van der Waals surface area contributed by atoms with Crippen LogP contribution in [0.3, 0.4) is 0 Å². The molecule has 0 bridgehead atoms. The highest BCUT2D eigenvalue weighted by atomic mass is 16.5. The number of aromatic nitrogens is 5. The van der Waals surface area contributed by atoms with E-state index in [2.05, 4.69) is 33.0 Å². The van der Waals surface area contributed by atoms with Crippen LogP contribution in [0.2, 0.25) is 0 Å². The van der Waals surface area contributed by atoms with Crippen LogP contribution in [-0.2, 0) is 11.3 Å². The second-order valence-corrected chi connectivity index (χ2v) is 10.2. The molecule has 0 radical (unpaired) electrons. The van der Waals surface area contributed by atoms with Crippen LogP contribution < -0.4 is 9.47 Å². The molecule has 4 heterocycles. The summed E-state index contributed by atoms with van der Waals surface area (Å²) in [7, 11) is 5.35. The van der Waals surface area contributed by atoms with Crippen LogP contribution in [0.1, 0.15) is 24.1 Å². The smallest absolute Gasteiger partial charge is 0.243 e. The molecule has 1 fully saturated rings. The van der Waals surface area contributed by atoms with Gasteiger partial charge in [0, 0.05) is 31.1 Å². The Labute approximate surface area is 232 Å². The molecule has 10 heteroatoms. The molecule has 1 unspecified atom stereocenters. The van der Waals surface area contributed by atoms with E-state index < -0.39 is 0 Å². The first-order chi connectivity index (χ1) is 19.4. The van der Waals surface area contributed by atoms with E-state index >= 15 is 0 Å². The van der Waals surface area contributed by atoms with Gasteiger partial charge in [-0.15, -0.1) is 0 Å². The van der Waals surface area contributed by atoms with Gasteiger partial charge in [0.05, 0.1) is 54.3 Å². The monoisotopic (exact) mass is 539 g/mol. The Kier molecular flexibility index (Phi) is 6.85. The van der Waals surface area contributed by atoms with E-state index in [-0.39, 0.29) is 18.5 Å². The minimum atomic E-state index is -0.199. The normalized spacial score (nSPS) is 16.4. The number of nitrogens with one attached hydrogen (secondary N) is 1. The van der Waals surface area contributed by atoms with Gasteiger partial charge in [0.25, 0.3) is 0 Å². The fourth-order valence-electron chi connectivity index (χ4n) is 5.49. The number of aryl methyl sites for hydroxylation is 1. The molecule has 0 spiro atoms. The van der Waals surface area contributed by atoms with E-state index in [1.165, 1.54) is 0 Å². The van der Waals surface area contributed by atoms with Gasteiger partial charge in [0.1, 0.15) is 23.9 Å². The predicted molar refractivity (Wildman–Crippen MR) is 153 cm³/mol. The molecule has 1 saturated heterocycles. The zero-order valence-electron chi connectivity index (χ0n) is 23.2. The van der Waals surface area contributed by atoms with Gasteiger partial charge in [-0.05, 0) is 44.7 Å². The van der Waals surface area contributed by atoms with Crippen molar-refractivity contribution in [3.8, 4) is 22.9 Å². The molecule has 1 atom stereocenters. The minimum absolute atomic E-state index is 0.0217. The molecular formula is C30H33N7O3. The Morgan fingerprint density at radius 1 is 1.02 bits per heavy atom. The third-order valence-corrected chi connectivity index (χ3v) is 7.73. The van der Waals surface area contributed by atoms with Crippen LogP contribution in [0.5, 0.6) is 11.6 Å². The van der Waals surface area contributed by atoms with Crippen LogP contribution in [0.4, 0.5) is 0 Å². The number of carbonyl (C=O) groups is 1. The summed E-state index contributed by atoms with van der Waals surface area (Å²) in [6.07, 6.45) is 2.57. The number of hydrogen-bond donors (Lipinski definition) is 1. The molecule has 206 valence electrons. The molecule has 1 aliphatic heterocycles. The zero-order chi connectivity index (χ0) is 27.8. The van der Waals surface area contributed by atoms with E-state index in [1.54, 1.807) is 20.4 Å². The van der Waals surface area contributed by atoms with E-state index in [0.29, 0.717) is 12.4 Å². The summed E-state index contributed by atoms with van der Waals surface area (Å²) in [4.78, 5) is 35.8. The van der Waals surface area contributed by atoms with Gasteiger partial charge in [0.2, 0.25) is 11.8 Å². The summed E-state index contributed by atoms with van der Waals surface area (Å²) in [5.74, 6) is 2.82. The van der Waals surface area contributed by atoms with Gasteiger partial charge in [-0.25, -0.2) is 15.0 Å². The number of hydrogen-bond acceptors (Lipinski definition) is 7. The van der Waals surface area contributed by atoms with Crippen molar-refractivity contribution in [1.82, 2.24) is 34.3 Å². The van der Waals surface area contributed by atoms with Crippen molar-refractivity contribution in [2.45, 2.75) is 25.9 Å². The van der Waals surface area contributed by atoms with E-state index in [9.17, 15) is 4.79 Å². The summed E-state index contributed by atoms with van der Waals surface area (Å²) < 4.78 is 13.0. The summed E-state index contributed by atoms with van der Waals surface area (Å²) in [5, 5.41) is 1.02. The number of carbonyl (C=O) groups excluding carboxylic acids is 1. The number of amides is 1. The topological polar surface area (TPSA) is 101 Å². The Bertz CT molecular complexity index is 1690. The highest BCUT2D eigenvalue weighted by molar-refractivity contribution is 5.85. The summed E-state index contributed by atoms with van der Waals surface area (Å²) in [6.45, 7) is 4.36. The minimum Gasteiger partial charge on any atom is -0.497 e. The van der Waals surface area contributed by atoms with E-state index in [4.69, 9.17) is 14.5 Å². The number of pyridine rings is 1. The standard InChI is InChI=1S/C30H33N7O3/c1-19-32-24-10-9-21(39-3)16-27(24)37(19)18-28(38)36-14-13-35(2)12-11-26(36)29-31-17-25(33-29)22-15-20-7-5-6-8-23(20)34-30(22)40-4/h5-10,15-17,26H,11-14,18H2,1-4H3,(H,31,33). The maximum absolute atomic E-state index is 13.9. The van der Waals surface area contributed by atoms with Crippen molar-refractivity contribution in [3.63, 3.8) is 0 Å². The number of likely N-dealkylation sites (N-methyl/N-ethyl adjacent to an activating group) is 1. The van der Waals surface area contributed by atoms with Crippen molar-refractivity contribution in [2.75, 3.05) is 40.9 Å². The number of para-hydroxylation sites is 1. The van der Waals surface area contributed by atoms with Gasteiger partial charge in [0.15, 0.2) is 0 Å². The second-order valence-electron chi connectivity index (χ2n) is 10.2. The molecule has 2 aromatic carbocycles. The van der Waals surface area contributed by atoms with Crippen molar-refractivity contribution in [2.24, 2.45) is 0 Å². The molecule has 3 aromatic heterocycles. The van der Waals surface area contributed by atoms with Crippen LogP contribution in [0.15, 0.2) is 54.7 Å². The molecule has 0 saturated carbocycles. The lowest BCUT2D eigenvalue weighted by Crippen LogP contribution is -2.39. The largest absolute Gasteiger partial charge is 0.497 e. The van der Waals surface area contributed by atoms with Gasteiger partial charge in [-0.1, -0.05) is 18.2 Å². The number of methoxy groups -OCH3 is 2. The van der Waals surface area contributed by atoms with Crippen molar-refractivity contribution in [1.29, 1.82) is 0 Å². The van der Waals surface area contributed by atoms with Crippen LogP contribution in [0, 0.1) is 6.92 Å². The summed E-state index contributed by atoms with van der Waals surface area (Å²) in [5.41, 5.74) is 4.22. The molecule has 1 amide bonds. The molecule has 40 heavy (non-hydrogen) atoms. The van der Waals surface area contributed by atoms with Gasteiger partial charge < -0.3 is 28.8 Å². The number of H-pyrrole nitrogens is 1. The third-order valence-electron chi connectivity index (χ3n) is 7.73. The van der Waals surface area contributed by atoms with Crippen LogP contribution in [0.25, 0.3) is 33.2 Å². The van der Waals surface area contributed by atoms with Crippen molar-refractivity contribution < 1.29 is 14.3 Å². The maximum Gasteiger partial charge on any atom is 0.243 e. The highest BCUT2D eigenvalue weighted by Gasteiger charge is 2.31. The second kappa shape index (κ2) is 10.6. The first-order valence-electron chi connectivity index (χ1n) is 13.4. The number of rotatable bonds is 6. The molecule has 10 nitrogen and oxygen atoms in total. The first-order valence-corrected chi connectivity index (χ1v) is 13.4. The lowest BCUT2D eigenvalue weighted by atomic mass is 10.1. The highest BCUT2D eigenvalue weighted by Crippen LogP contribution is 2.33. The molecule has 1 N–H and O–H groups in total. The van der Waals surface area contributed by atoms with Gasteiger partial charge >= 0.3 is 0 Å². The van der Waals surface area contributed by atoms with E-state index in [1.807, 2.05) is 58.9 Å². The molecular weight excluding hydrogens is 506 g/mol. The number of nitrogens with zero attached hydrogens (tertiary/aromatic N) is 6. The lowest BCUT2D eigenvalue weighted by Gasteiger charge is -2.29. The predicted octanol–water partition coefficient (Wildman–Crippen LogP) is 4.21. The Morgan fingerprint density at radius 3 is 2.70 bits per heavy atom. The van der Waals surface area contributed by atoms with Gasteiger partial charge in [-0.3, -0.25) is 4.79 Å². The van der Waals surface area contributed by atoms with E-state index in [0.717, 1.165) is 70.1 Å². The Morgan fingerprint density at radius 2 is 1.88 bits per heavy atom. The van der Waals surface area contributed by atoms with Crippen molar-refractivity contribution >= 4 is 27.8 Å². The van der Waals surface area contributed by atoms with Crippen LogP contribution >= 0.6 is 0 Å².